The Bertz CT molecular complexity index is 582. The van der Waals surface area contributed by atoms with Crippen molar-refractivity contribution in [3.8, 4) is 0 Å². The van der Waals surface area contributed by atoms with Crippen molar-refractivity contribution in [3.05, 3.63) is 35.4 Å². The molecule has 0 aliphatic heterocycles. The molecular formula is C22H39N5O. The average Bonchev–Trinajstić information content (AvgIpc) is 2.71. The van der Waals surface area contributed by atoms with Crippen LogP contribution in [-0.4, -0.2) is 63.1 Å². The summed E-state index contributed by atoms with van der Waals surface area (Å²) in [6.45, 7) is 12.4. The van der Waals surface area contributed by atoms with Gasteiger partial charge in [-0.1, -0.05) is 26.0 Å². The Morgan fingerprint density at radius 1 is 1.07 bits per heavy atom. The Morgan fingerprint density at radius 2 is 1.82 bits per heavy atom. The normalized spacial score (nSPS) is 11.5. The van der Waals surface area contributed by atoms with Crippen LogP contribution in [0.25, 0.3) is 0 Å². The molecule has 0 aliphatic carbocycles. The van der Waals surface area contributed by atoms with Gasteiger partial charge in [0.15, 0.2) is 5.96 Å². The van der Waals surface area contributed by atoms with E-state index in [0.29, 0.717) is 5.56 Å². The molecule has 0 saturated heterocycles. The Kier molecular flexibility index (Phi) is 12.8. The van der Waals surface area contributed by atoms with E-state index < -0.39 is 0 Å². The van der Waals surface area contributed by atoms with Crippen LogP contribution < -0.4 is 16.0 Å². The molecular weight excluding hydrogens is 350 g/mol. The highest BCUT2D eigenvalue weighted by molar-refractivity contribution is 5.94. The van der Waals surface area contributed by atoms with Crippen LogP contribution in [0.2, 0.25) is 0 Å². The second-order valence-electron chi connectivity index (χ2n) is 6.91. The highest BCUT2D eigenvalue weighted by atomic mass is 16.1. The van der Waals surface area contributed by atoms with E-state index in [9.17, 15) is 4.79 Å². The molecule has 28 heavy (non-hydrogen) atoms. The van der Waals surface area contributed by atoms with Crippen molar-refractivity contribution in [3.63, 3.8) is 0 Å². The van der Waals surface area contributed by atoms with Crippen LogP contribution in [0.15, 0.2) is 29.3 Å². The average molecular weight is 390 g/mol. The number of aliphatic imine (C=N–C) groups is 1. The Morgan fingerprint density at radius 3 is 2.46 bits per heavy atom. The van der Waals surface area contributed by atoms with Gasteiger partial charge in [0.05, 0.1) is 0 Å². The number of amides is 1. The molecule has 0 radical (unpaired) electrons. The fourth-order valence-corrected chi connectivity index (χ4v) is 3.13. The van der Waals surface area contributed by atoms with Gasteiger partial charge >= 0.3 is 0 Å². The van der Waals surface area contributed by atoms with Crippen LogP contribution in [0.5, 0.6) is 0 Å². The summed E-state index contributed by atoms with van der Waals surface area (Å²) in [5.41, 5.74) is 1.84. The van der Waals surface area contributed by atoms with Gasteiger partial charge in [0.25, 0.3) is 5.91 Å². The molecule has 0 atom stereocenters. The van der Waals surface area contributed by atoms with E-state index in [1.165, 1.54) is 25.9 Å². The zero-order chi connectivity index (χ0) is 20.6. The van der Waals surface area contributed by atoms with E-state index in [-0.39, 0.29) is 5.91 Å². The molecule has 0 heterocycles. The van der Waals surface area contributed by atoms with Gasteiger partial charge in [-0.2, -0.15) is 0 Å². The summed E-state index contributed by atoms with van der Waals surface area (Å²) >= 11 is 0. The number of hydrogen-bond donors (Lipinski definition) is 3. The first-order valence-electron chi connectivity index (χ1n) is 10.7. The number of carbonyl (C=O) groups is 1. The molecule has 158 valence electrons. The summed E-state index contributed by atoms with van der Waals surface area (Å²) in [7, 11) is 1.65. The van der Waals surface area contributed by atoms with E-state index in [2.05, 4.69) is 41.6 Å². The second kappa shape index (κ2) is 14.9. The van der Waals surface area contributed by atoms with Crippen LogP contribution in [0.1, 0.15) is 56.0 Å². The van der Waals surface area contributed by atoms with Gasteiger partial charge in [-0.15, -0.1) is 0 Å². The fraction of sp³-hybridized carbons (Fsp3) is 0.636. The smallest absolute Gasteiger partial charge is 0.251 e. The number of carbonyl (C=O) groups excluding carboxylic acids is 1. The minimum atomic E-state index is -0.0510. The molecule has 0 bridgehead atoms. The number of rotatable bonds is 13. The van der Waals surface area contributed by atoms with Crippen molar-refractivity contribution in [1.29, 1.82) is 0 Å². The quantitative estimate of drug-likeness (QED) is 0.276. The number of guanidine groups is 1. The topological polar surface area (TPSA) is 68.8 Å². The van der Waals surface area contributed by atoms with E-state index in [1.807, 2.05) is 24.3 Å². The lowest BCUT2D eigenvalue weighted by atomic mass is 10.1. The molecule has 3 N–H and O–H groups in total. The van der Waals surface area contributed by atoms with Gasteiger partial charge in [0.2, 0.25) is 0 Å². The third-order valence-electron chi connectivity index (χ3n) is 4.45. The summed E-state index contributed by atoms with van der Waals surface area (Å²) in [5.74, 6) is 0.812. The van der Waals surface area contributed by atoms with Gasteiger partial charge in [0, 0.05) is 32.2 Å². The maximum absolute atomic E-state index is 11.8. The summed E-state index contributed by atoms with van der Waals surface area (Å²) in [4.78, 5) is 19.0. The Labute approximate surface area is 171 Å². The number of nitrogens with one attached hydrogen (secondary N) is 3. The summed E-state index contributed by atoms with van der Waals surface area (Å²) in [6, 6.07) is 7.76. The lowest BCUT2D eigenvalue weighted by molar-refractivity contribution is 0.0963. The minimum absolute atomic E-state index is 0.0510. The molecule has 0 unspecified atom stereocenters. The summed E-state index contributed by atoms with van der Waals surface area (Å²) < 4.78 is 0. The predicted octanol–water partition coefficient (Wildman–Crippen LogP) is 2.66. The van der Waals surface area contributed by atoms with Crippen molar-refractivity contribution in [2.24, 2.45) is 4.99 Å². The molecule has 0 fully saturated rings. The zero-order valence-electron chi connectivity index (χ0n) is 18.2. The monoisotopic (exact) mass is 389 g/mol. The van der Waals surface area contributed by atoms with Crippen molar-refractivity contribution in [2.45, 2.75) is 46.5 Å². The standard InChI is InChI=1S/C22H39N5O/c1-5-15-27(16-6-2)17-9-13-25-22(24-7-3)26-14-12-19-10-8-11-20(18-19)21(28)23-4/h8,10-11,18H,5-7,9,12-17H2,1-4H3,(H,23,28)(H2,24,25,26). The third kappa shape index (κ3) is 9.74. The summed E-state index contributed by atoms with van der Waals surface area (Å²) in [5, 5.41) is 9.37. The first-order chi connectivity index (χ1) is 13.6. The second-order valence-corrected chi connectivity index (χ2v) is 6.91. The van der Waals surface area contributed by atoms with Crippen molar-refractivity contribution >= 4 is 11.9 Å². The largest absolute Gasteiger partial charge is 0.357 e. The number of hydrogen-bond acceptors (Lipinski definition) is 3. The lowest BCUT2D eigenvalue weighted by Crippen LogP contribution is -2.38. The first kappa shape index (κ1) is 24.0. The molecule has 0 aliphatic rings. The first-order valence-corrected chi connectivity index (χ1v) is 10.7. The van der Waals surface area contributed by atoms with Gasteiger partial charge < -0.3 is 20.9 Å². The van der Waals surface area contributed by atoms with Gasteiger partial charge in [0.1, 0.15) is 0 Å². The fourth-order valence-electron chi connectivity index (χ4n) is 3.13. The van der Waals surface area contributed by atoms with E-state index >= 15 is 0 Å². The van der Waals surface area contributed by atoms with Crippen LogP contribution in [0.3, 0.4) is 0 Å². The molecule has 0 spiro atoms. The highest BCUT2D eigenvalue weighted by Crippen LogP contribution is 2.05. The Balaban J connectivity index is 2.45. The molecule has 0 saturated carbocycles. The van der Waals surface area contributed by atoms with Crippen LogP contribution in [0, 0.1) is 0 Å². The molecule has 1 rings (SSSR count). The van der Waals surface area contributed by atoms with E-state index in [0.717, 1.165) is 50.5 Å². The van der Waals surface area contributed by atoms with E-state index in [4.69, 9.17) is 4.99 Å². The summed E-state index contributed by atoms with van der Waals surface area (Å²) in [6.07, 6.45) is 4.32. The minimum Gasteiger partial charge on any atom is -0.357 e. The molecule has 6 nitrogen and oxygen atoms in total. The lowest BCUT2D eigenvalue weighted by Gasteiger charge is -2.20. The van der Waals surface area contributed by atoms with Gasteiger partial charge in [-0.05, 0) is 69.9 Å². The van der Waals surface area contributed by atoms with Crippen molar-refractivity contribution in [1.82, 2.24) is 20.9 Å². The zero-order valence-corrected chi connectivity index (χ0v) is 18.2. The Hall–Kier alpha value is -2.08. The van der Waals surface area contributed by atoms with Crippen LogP contribution >= 0.6 is 0 Å². The highest BCUT2D eigenvalue weighted by Gasteiger charge is 2.05. The molecule has 1 aromatic carbocycles. The van der Waals surface area contributed by atoms with Crippen molar-refractivity contribution in [2.75, 3.05) is 46.3 Å². The molecule has 0 aromatic heterocycles. The van der Waals surface area contributed by atoms with E-state index in [1.54, 1.807) is 7.05 Å². The maximum atomic E-state index is 11.8. The third-order valence-corrected chi connectivity index (χ3v) is 4.45. The van der Waals surface area contributed by atoms with Crippen molar-refractivity contribution < 1.29 is 4.79 Å². The van der Waals surface area contributed by atoms with Crippen LogP contribution in [0.4, 0.5) is 0 Å². The molecule has 1 amide bonds. The maximum Gasteiger partial charge on any atom is 0.251 e. The SMILES string of the molecule is CCCN(CCC)CCCN=C(NCC)NCCc1cccc(C(=O)NC)c1. The van der Waals surface area contributed by atoms with Gasteiger partial charge in [-0.25, -0.2) is 0 Å². The number of benzene rings is 1. The number of nitrogens with zero attached hydrogens (tertiary/aromatic N) is 2. The molecule has 6 heteroatoms. The van der Waals surface area contributed by atoms with Gasteiger partial charge in [-0.3, -0.25) is 9.79 Å². The van der Waals surface area contributed by atoms with Crippen LogP contribution in [-0.2, 0) is 6.42 Å². The predicted molar refractivity (Wildman–Crippen MR) is 119 cm³/mol. The molecule has 1 aromatic rings.